The first-order valence-corrected chi connectivity index (χ1v) is 6.71. The predicted molar refractivity (Wildman–Crippen MR) is 72.9 cm³/mol. The lowest BCUT2D eigenvalue weighted by Gasteiger charge is -2.14. The molecule has 1 aliphatic rings. The Morgan fingerprint density at radius 1 is 1.58 bits per heavy atom. The standard InChI is InChI=1S/C12H11NO4S2/c1-7-2-3-8(17-7)6-9-11(16)13(12(18)19-9)5-4-10(14)15/h2-3,6H,4-5H2,1H3,(H,14,15)/p-1/b9-6-. The largest absolute Gasteiger partial charge is 0.550 e. The van der Waals surface area contributed by atoms with Crippen LogP contribution in [0.3, 0.4) is 0 Å². The molecule has 1 aliphatic heterocycles. The molecule has 0 bridgehead atoms. The van der Waals surface area contributed by atoms with E-state index in [0.29, 0.717) is 15.0 Å². The van der Waals surface area contributed by atoms with E-state index in [2.05, 4.69) is 0 Å². The van der Waals surface area contributed by atoms with Crippen molar-refractivity contribution < 1.29 is 19.1 Å². The molecule has 0 atom stereocenters. The van der Waals surface area contributed by atoms with Gasteiger partial charge in [-0.1, -0.05) is 24.0 Å². The highest BCUT2D eigenvalue weighted by atomic mass is 32.2. The second kappa shape index (κ2) is 5.58. The molecule has 1 aromatic rings. The van der Waals surface area contributed by atoms with E-state index < -0.39 is 5.97 Å². The molecule has 2 heterocycles. The third-order valence-electron chi connectivity index (χ3n) is 2.45. The number of carboxylic acids is 1. The Morgan fingerprint density at radius 2 is 2.32 bits per heavy atom. The molecule has 0 spiro atoms. The van der Waals surface area contributed by atoms with Crippen LogP contribution >= 0.6 is 24.0 Å². The van der Waals surface area contributed by atoms with Crippen molar-refractivity contribution in [1.82, 2.24) is 4.90 Å². The molecule has 0 aliphatic carbocycles. The van der Waals surface area contributed by atoms with E-state index in [1.54, 1.807) is 18.2 Å². The Morgan fingerprint density at radius 3 is 2.89 bits per heavy atom. The van der Waals surface area contributed by atoms with Gasteiger partial charge in [-0.25, -0.2) is 0 Å². The minimum atomic E-state index is -1.21. The first kappa shape index (κ1) is 13.8. The number of hydrogen-bond acceptors (Lipinski definition) is 6. The van der Waals surface area contributed by atoms with E-state index in [1.807, 2.05) is 6.92 Å². The van der Waals surface area contributed by atoms with Gasteiger partial charge < -0.3 is 14.3 Å². The van der Waals surface area contributed by atoms with E-state index in [1.165, 1.54) is 4.90 Å². The summed E-state index contributed by atoms with van der Waals surface area (Å²) in [6.07, 6.45) is 1.37. The first-order valence-electron chi connectivity index (χ1n) is 5.49. The van der Waals surface area contributed by atoms with Crippen LogP contribution in [0.4, 0.5) is 0 Å². The van der Waals surface area contributed by atoms with Gasteiger partial charge in [0.15, 0.2) is 0 Å². The number of amides is 1. The zero-order chi connectivity index (χ0) is 14.0. The fourth-order valence-corrected chi connectivity index (χ4v) is 2.84. The van der Waals surface area contributed by atoms with E-state index in [4.69, 9.17) is 16.6 Å². The van der Waals surface area contributed by atoms with Gasteiger partial charge >= 0.3 is 0 Å². The normalized spacial score (nSPS) is 17.5. The number of carbonyl (C=O) groups is 2. The van der Waals surface area contributed by atoms with Crippen LogP contribution in [0.15, 0.2) is 21.5 Å². The molecular weight excluding hydrogens is 286 g/mol. The lowest BCUT2D eigenvalue weighted by molar-refractivity contribution is -0.305. The van der Waals surface area contributed by atoms with Gasteiger partial charge in [0.05, 0.1) is 4.91 Å². The number of carboxylic acid groups (broad SMARTS) is 1. The van der Waals surface area contributed by atoms with Gasteiger partial charge in [0, 0.05) is 25.0 Å². The van der Waals surface area contributed by atoms with Crippen molar-refractivity contribution >= 4 is 46.3 Å². The zero-order valence-electron chi connectivity index (χ0n) is 10.0. The molecule has 7 heteroatoms. The predicted octanol–water partition coefficient (Wildman–Crippen LogP) is 0.929. The zero-order valence-corrected chi connectivity index (χ0v) is 11.7. The van der Waals surface area contributed by atoms with Crippen LogP contribution in [0, 0.1) is 6.92 Å². The van der Waals surface area contributed by atoms with Crippen molar-refractivity contribution in [2.45, 2.75) is 13.3 Å². The third-order valence-corrected chi connectivity index (χ3v) is 3.83. The molecule has 5 nitrogen and oxygen atoms in total. The molecule has 1 fully saturated rings. The van der Waals surface area contributed by atoms with Crippen LogP contribution in [0.25, 0.3) is 6.08 Å². The average Bonchev–Trinajstić information content (AvgIpc) is 2.83. The van der Waals surface area contributed by atoms with Crippen molar-refractivity contribution in [1.29, 1.82) is 0 Å². The minimum Gasteiger partial charge on any atom is -0.550 e. The van der Waals surface area contributed by atoms with E-state index in [0.717, 1.165) is 17.5 Å². The molecule has 0 N–H and O–H groups in total. The maximum absolute atomic E-state index is 12.0. The molecule has 100 valence electrons. The number of thioether (sulfide) groups is 1. The van der Waals surface area contributed by atoms with E-state index in [9.17, 15) is 14.7 Å². The van der Waals surface area contributed by atoms with E-state index >= 15 is 0 Å². The number of carbonyl (C=O) groups excluding carboxylic acids is 2. The Bertz CT molecular complexity index is 576. The van der Waals surface area contributed by atoms with Gasteiger partial charge in [0.25, 0.3) is 5.91 Å². The fourth-order valence-electron chi connectivity index (χ4n) is 1.56. The molecule has 0 aromatic carbocycles. The molecule has 0 saturated carbocycles. The number of nitrogens with zero attached hydrogens (tertiary/aromatic N) is 1. The molecular formula is C12H10NO4S2-. The van der Waals surface area contributed by atoms with Gasteiger partial charge in [0.1, 0.15) is 15.8 Å². The van der Waals surface area contributed by atoms with Crippen molar-refractivity contribution in [3.8, 4) is 0 Å². The van der Waals surface area contributed by atoms with Crippen molar-refractivity contribution in [2.75, 3.05) is 6.54 Å². The summed E-state index contributed by atoms with van der Waals surface area (Å²) in [7, 11) is 0. The highest BCUT2D eigenvalue weighted by Crippen LogP contribution is 2.32. The molecule has 0 unspecified atom stereocenters. The van der Waals surface area contributed by atoms with Crippen molar-refractivity contribution in [2.24, 2.45) is 0 Å². The Hall–Kier alpha value is -1.60. The lowest BCUT2D eigenvalue weighted by atomic mass is 10.3. The number of hydrogen-bond donors (Lipinski definition) is 0. The van der Waals surface area contributed by atoms with Gasteiger partial charge in [-0.2, -0.15) is 0 Å². The minimum absolute atomic E-state index is 0.0293. The van der Waals surface area contributed by atoms with Crippen molar-refractivity contribution in [3.05, 3.63) is 28.6 Å². The van der Waals surface area contributed by atoms with E-state index in [-0.39, 0.29) is 18.9 Å². The number of thiocarbonyl (C=S) groups is 1. The molecule has 19 heavy (non-hydrogen) atoms. The van der Waals surface area contributed by atoms with Crippen LogP contribution in [0.2, 0.25) is 0 Å². The highest BCUT2D eigenvalue weighted by molar-refractivity contribution is 8.26. The van der Waals surface area contributed by atoms with Gasteiger partial charge in [-0.3, -0.25) is 9.69 Å². The quantitative estimate of drug-likeness (QED) is 0.608. The molecule has 2 rings (SSSR count). The second-order valence-corrected chi connectivity index (χ2v) is 5.58. The summed E-state index contributed by atoms with van der Waals surface area (Å²) in [6.45, 7) is 1.84. The average molecular weight is 296 g/mol. The van der Waals surface area contributed by atoms with Crippen LogP contribution in [-0.4, -0.2) is 27.6 Å². The van der Waals surface area contributed by atoms with Crippen LogP contribution in [0.1, 0.15) is 17.9 Å². The van der Waals surface area contributed by atoms with Gasteiger partial charge in [0.2, 0.25) is 0 Å². The van der Waals surface area contributed by atoms with Gasteiger partial charge in [-0.05, 0) is 19.1 Å². The molecule has 1 saturated heterocycles. The number of aryl methyl sites for hydroxylation is 1. The monoisotopic (exact) mass is 296 g/mol. The topological polar surface area (TPSA) is 73.6 Å². The summed E-state index contributed by atoms with van der Waals surface area (Å²) in [4.78, 5) is 24.1. The molecule has 0 radical (unpaired) electrons. The lowest BCUT2D eigenvalue weighted by Crippen LogP contribution is -2.33. The Balaban J connectivity index is 2.13. The Kier molecular flexibility index (Phi) is 4.06. The van der Waals surface area contributed by atoms with Crippen LogP contribution < -0.4 is 5.11 Å². The summed E-state index contributed by atoms with van der Waals surface area (Å²) < 4.78 is 5.70. The first-order chi connectivity index (χ1) is 8.97. The van der Waals surface area contributed by atoms with Crippen LogP contribution in [-0.2, 0) is 9.59 Å². The van der Waals surface area contributed by atoms with Crippen molar-refractivity contribution in [3.63, 3.8) is 0 Å². The smallest absolute Gasteiger partial charge is 0.266 e. The summed E-state index contributed by atoms with van der Waals surface area (Å²) in [6, 6.07) is 3.55. The Labute approximate surface area is 119 Å². The number of aliphatic carboxylic acids is 1. The highest BCUT2D eigenvalue weighted by Gasteiger charge is 2.31. The summed E-state index contributed by atoms with van der Waals surface area (Å²) in [5, 5.41) is 10.4. The number of rotatable bonds is 4. The van der Waals surface area contributed by atoms with Crippen LogP contribution in [0.5, 0.6) is 0 Å². The second-order valence-electron chi connectivity index (χ2n) is 3.90. The molecule has 1 aromatic heterocycles. The van der Waals surface area contributed by atoms with Gasteiger partial charge in [-0.15, -0.1) is 0 Å². The third kappa shape index (κ3) is 3.24. The summed E-state index contributed by atoms with van der Waals surface area (Å²) in [5.74, 6) is -0.193. The SMILES string of the molecule is Cc1ccc(/C=C2\SC(=S)N(CCC(=O)[O-])C2=O)o1. The maximum Gasteiger partial charge on any atom is 0.266 e. The summed E-state index contributed by atoms with van der Waals surface area (Å²) >= 11 is 6.18. The summed E-state index contributed by atoms with van der Waals surface area (Å²) in [5.41, 5.74) is 0. The fraction of sp³-hybridized carbons (Fsp3) is 0.250. The molecule has 1 amide bonds. The maximum atomic E-state index is 12.0. The number of furan rings is 1.